The van der Waals surface area contributed by atoms with E-state index in [0.717, 1.165) is 36.7 Å². The maximum Gasteiger partial charge on any atom is 0.242 e. The van der Waals surface area contributed by atoms with E-state index in [1.165, 1.54) is 0 Å². The van der Waals surface area contributed by atoms with Crippen LogP contribution in [-0.4, -0.2) is 41.9 Å². The molecule has 0 saturated heterocycles. The van der Waals surface area contributed by atoms with Gasteiger partial charge in [-0.2, -0.15) is 11.8 Å². The molecule has 1 aromatic carbocycles. The number of thioether (sulfide) groups is 1. The fourth-order valence-electron chi connectivity index (χ4n) is 2.04. The van der Waals surface area contributed by atoms with Gasteiger partial charge in [-0.3, -0.25) is 10.2 Å². The van der Waals surface area contributed by atoms with Gasteiger partial charge in [0, 0.05) is 18.1 Å². The Morgan fingerprint density at radius 3 is 2.50 bits per heavy atom. The molecule has 0 aliphatic heterocycles. The summed E-state index contributed by atoms with van der Waals surface area (Å²) >= 11 is 1.80. The Balaban J connectivity index is 2.49. The molecular formula is C15H25N3OS. The van der Waals surface area contributed by atoms with E-state index in [9.17, 15) is 4.79 Å². The summed E-state index contributed by atoms with van der Waals surface area (Å²) in [6.45, 7) is 7.54. The van der Waals surface area contributed by atoms with Gasteiger partial charge in [-0.05, 0) is 18.7 Å². The molecule has 0 aromatic heterocycles. The average molecular weight is 295 g/mol. The van der Waals surface area contributed by atoms with Crippen LogP contribution in [0.2, 0.25) is 0 Å². The molecule has 0 saturated carbocycles. The molecule has 3 N–H and O–H groups in total. The Bertz CT molecular complexity index is 382. The summed E-state index contributed by atoms with van der Waals surface area (Å²) in [7, 11) is 0. The Labute approximate surface area is 126 Å². The quantitative estimate of drug-likeness (QED) is 0.316. The van der Waals surface area contributed by atoms with Crippen molar-refractivity contribution in [1.29, 1.82) is 0 Å². The number of rotatable bonds is 9. The topological polar surface area (TPSA) is 58.4 Å². The molecule has 1 atom stereocenters. The predicted molar refractivity (Wildman–Crippen MR) is 86.6 cm³/mol. The molecule has 1 aromatic rings. The molecule has 0 heterocycles. The van der Waals surface area contributed by atoms with Gasteiger partial charge in [0.1, 0.15) is 0 Å². The van der Waals surface area contributed by atoms with Crippen molar-refractivity contribution in [2.24, 2.45) is 5.84 Å². The monoisotopic (exact) mass is 295 g/mol. The normalized spacial score (nSPS) is 12.4. The first-order chi connectivity index (χ1) is 9.72. The highest BCUT2D eigenvalue weighted by Crippen LogP contribution is 2.21. The van der Waals surface area contributed by atoms with Gasteiger partial charge in [0.15, 0.2) is 0 Å². The van der Waals surface area contributed by atoms with Crippen molar-refractivity contribution >= 4 is 17.7 Å². The summed E-state index contributed by atoms with van der Waals surface area (Å²) in [5.74, 6) is 6.78. The van der Waals surface area contributed by atoms with Crippen LogP contribution in [0, 0.1) is 0 Å². The maximum absolute atomic E-state index is 11.9. The Kier molecular flexibility index (Phi) is 8.34. The molecule has 0 aliphatic carbocycles. The second-order valence-corrected chi connectivity index (χ2v) is 5.72. The average Bonchev–Trinajstić information content (AvgIpc) is 2.51. The summed E-state index contributed by atoms with van der Waals surface area (Å²) in [6.07, 6.45) is 0. The molecule has 1 rings (SSSR count). The van der Waals surface area contributed by atoms with Crippen molar-refractivity contribution in [3.8, 4) is 0 Å². The van der Waals surface area contributed by atoms with Crippen LogP contribution in [0.5, 0.6) is 0 Å². The lowest BCUT2D eigenvalue weighted by molar-refractivity contribution is -0.122. The SMILES string of the molecule is CCN(CC)CCSCC(C(=O)NN)c1ccccc1. The third kappa shape index (κ3) is 5.53. The third-order valence-corrected chi connectivity index (χ3v) is 4.43. The predicted octanol–water partition coefficient (Wildman–Crippen LogP) is 1.84. The molecule has 0 aliphatic rings. The van der Waals surface area contributed by atoms with Crippen molar-refractivity contribution in [1.82, 2.24) is 10.3 Å². The standard InChI is InChI=1S/C15H25N3OS/c1-3-18(4-2)10-11-20-12-14(15(19)17-16)13-8-6-5-7-9-13/h5-9,14H,3-4,10-12,16H2,1-2H3,(H,17,19). The van der Waals surface area contributed by atoms with E-state index in [2.05, 4.69) is 24.2 Å². The minimum atomic E-state index is -0.178. The van der Waals surface area contributed by atoms with Gasteiger partial charge in [-0.15, -0.1) is 0 Å². The Morgan fingerprint density at radius 2 is 1.95 bits per heavy atom. The lowest BCUT2D eigenvalue weighted by atomic mass is 10.0. The highest BCUT2D eigenvalue weighted by atomic mass is 32.2. The molecule has 1 amide bonds. The lowest BCUT2D eigenvalue weighted by Gasteiger charge is -2.19. The van der Waals surface area contributed by atoms with E-state index in [0.29, 0.717) is 0 Å². The number of carbonyl (C=O) groups is 1. The first-order valence-corrected chi connectivity index (χ1v) is 8.23. The number of nitrogens with one attached hydrogen (secondary N) is 1. The second-order valence-electron chi connectivity index (χ2n) is 4.57. The zero-order valence-corrected chi connectivity index (χ0v) is 13.2. The fraction of sp³-hybridized carbons (Fsp3) is 0.533. The summed E-state index contributed by atoms with van der Waals surface area (Å²) in [5.41, 5.74) is 3.29. The van der Waals surface area contributed by atoms with E-state index < -0.39 is 0 Å². The highest BCUT2D eigenvalue weighted by molar-refractivity contribution is 7.99. The highest BCUT2D eigenvalue weighted by Gasteiger charge is 2.19. The van der Waals surface area contributed by atoms with Crippen LogP contribution in [0.1, 0.15) is 25.3 Å². The summed E-state index contributed by atoms with van der Waals surface area (Å²) in [5, 5.41) is 0. The fourth-order valence-corrected chi connectivity index (χ4v) is 3.18. The van der Waals surface area contributed by atoms with E-state index in [1.807, 2.05) is 30.3 Å². The molecule has 20 heavy (non-hydrogen) atoms. The summed E-state index contributed by atoms with van der Waals surface area (Å²) in [4.78, 5) is 14.3. The molecule has 0 bridgehead atoms. The van der Waals surface area contributed by atoms with Gasteiger partial charge in [-0.1, -0.05) is 44.2 Å². The zero-order valence-electron chi connectivity index (χ0n) is 12.3. The molecular weight excluding hydrogens is 270 g/mol. The largest absolute Gasteiger partial charge is 0.303 e. The third-order valence-electron chi connectivity index (χ3n) is 3.39. The van der Waals surface area contributed by atoms with Gasteiger partial charge in [0.2, 0.25) is 5.91 Å². The number of hydrogen-bond donors (Lipinski definition) is 2. The van der Waals surface area contributed by atoms with E-state index in [4.69, 9.17) is 5.84 Å². The van der Waals surface area contributed by atoms with Crippen LogP contribution < -0.4 is 11.3 Å². The van der Waals surface area contributed by atoms with Gasteiger partial charge in [0.25, 0.3) is 0 Å². The summed E-state index contributed by atoms with van der Waals surface area (Å²) in [6, 6.07) is 9.81. The smallest absolute Gasteiger partial charge is 0.242 e. The van der Waals surface area contributed by atoms with Crippen LogP contribution in [0.3, 0.4) is 0 Å². The molecule has 112 valence electrons. The molecule has 0 radical (unpaired) electrons. The Morgan fingerprint density at radius 1 is 1.30 bits per heavy atom. The maximum atomic E-state index is 11.9. The van der Waals surface area contributed by atoms with E-state index in [1.54, 1.807) is 11.8 Å². The van der Waals surface area contributed by atoms with Crippen molar-refractivity contribution in [2.75, 3.05) is 31.1 Å². The molecule has 1 unspecified atom stereocenters. The molecule has 0 fully saturated rings. The first kappa shape index (κ1) is 17.0. The van der Waals surface area contributed by atoms with Gasteiger partial charge in [0.05, 0.1) is 5.92 Å². The number of hydrogen-bond acceptors (Lipinski definition) is 4. The number of benzene rings is 1. The van der Waals surface area contributed by atoms with Crippen molar-refractivity contribution in [3.05, 3.63) is 35.9 Å². The first-order valence-electron chi connectivity index (χ1n) is 7.08. The zero-order chi connectivity index (χ0) is 14.8. The molecule has 5 heteroatoms. The van der Waals surface area contributed by atoms with Crippen LogP contribution in [0.15, 0.2) is 30.3 Å². The van der Waals surface area contributed by atoms with Crippen molar-refractivity contribution < 1.29 is 4.79 Å². The van der Waals surface area contributed by atoms with Crippen LogP contribution in [0.4, 0.5) is 0 Å². The number of nitrogens with zero attached hydrogens (tertiary/aromatic N) is 1. The number of carbonyl (C=O) groups excluding carboxylic acids is 1. The van der Waals surface area contributed by atoms with Gasteiger partial charge < -0.3 is 4.90 Å². The number of amides is 1. The Hall–Kier alpha value is -1.04. The number of hydrazine groups is 1. The summed E-state index contributed by atoms with van der Waals surface area (Å²) < 4.78 is 0. The van der Waals surface area contributed by atoms with Gasteiger partial charge in [-0.25, -0.2) is 5.84 Å². The van der Waals surface area contributed by atoms with Crippen LogP contribution >= 0.6 is 11.8 Å². The van der Waals surface area contributed by atoms with E-state index in [-0.39, 0.29) is 11.8 Å². The minimum Gasteiger partial charge on any atom is -0.303 e. The molecule has 0 spiro atoms. The number of nitrogens with two attached hydrogens (primary N) is 1. The van der Waals surface area contributed by atoms with Crippen LogP contribution in [0.25, 0.3) is 0 Å². The van der Waals surface area contributed by atoms with Crippen molar-refractivity contribution in [2.45, 2.75) is 19.8 Å². The van der Waals surface area contributed by atoms with Crippen LogP contribution in [-0.2, 0) is 4.79 Å². The van der Waals surface area contributed by atoms with E-state index >= 15 is 0 Å². The van der Waals surface area contributed by atoms with Gasteiger partial charge >= 0.3 is 0 Å². The lowest BCUT2D eigenvalue weighted by Crippen LogP contribution is -2.36. The minimum absolute atomic E-state index is 0.119. The van der Waals surface area contributed by atoms with Crippen molar-refractivity contribution in [3.63, 3.8) is 0 Å². The second kappa shape index (κ2) is 9.80. The molecule has 4 nitrogen and oxygen atoms in total.